The van der Waals surface area contributed by atoms with Crippen molar-refractivity contribution in [2.24, 2.45) is 0 Å². The third-order valence-electron chi connectivity index (χ3n) is 3.80. The van der Waals surface area contributed by atoms with Gasteiger partial charge >= 0.3 is 0 Å². The number of nitrogens with one attached hydrogen (secondary N) is 2. The quantitative estimate of drug-likeness (QED) is 0.486. The number of furan rings is 1. The third kappa shape index (κ3) is 3.66. The van der Waals surface area contributed by atoms with E-state index in [4.69, 9.17) is 4.42 Å². The average Bonchev–Trinajstić information content (AvgIpc) is 3.39. The molecule has 0 fully saturated rings. The maximum atomic E-state index is 12.2. The number of hydrogen-bond donors (Lipinski definition) is 2. The van der Waals surface area contributed by atoms with E-state index in [0.29, 0.717) is 5.16 Å². The highest BCUT2D eigenvalue weighted by molar-refractivity contribution is 7.99. The Kier molecular flexibility index (Phi) is 4.77. The molecule has 3 aromatic heterocycles. The fraction of sp³-hybridized carbons (Fsp3) is 0.167. The van der Waals surface area contributed by atoms with E-state index in [1.54, 1.807) is 11.3 Å². The number of aromatic nitrogens is 3. The van der Waals surface area contributed by atoms with Crippen LogP contribution < -0.4 is 5.32 Å². The molecule has 1 aromatic carbocycles. The van der Waals surface area contributed by atoms with Crippen LogP contribution in [0.3, 0.4) is 0 Å². The van der Waals surface area contributed by atoms with Gasteiger partial charge in [0.15, 0.2) is 5.82 Å². The van der Waals surface area contributed by atoms with Gasteiger partial charge in [0, 0.05) is 5.39 Å². The van der Waals surface area contributed by atoms with Crippen LogP contribution in [0.4, 0.5) is 0 Å². The van der Waals surface area contributed by atoms with Crippen molar-refractivity contribution < 1.29 is 9.21 Å². The van der Waals surface area contributed by atoms with Gasteiger partial charge in [-0.3, -0.25) is 9.89 Å². The van der Waals surface area contributed by atoms with Crippen LogP contribution in [0.5, 0.6) is 0 Å². The lowest BCUT2D eigenvalue weighted by Gasteiger charge is -2.10. The molecule has 8 heteroatoms. The standard InChI is InChI=1S/C18H16N4O2S2/c1-11(14-9-12-5-2-3-6-13(12)24-14)19-16(23)10-26-18-20-17(21-22-18)15-7-4-8-25-15/h2-9,11H,10H2,1H3,(H,19,23)(H,20,21,22)/t11-/m1/s1. The molecule has 3 heterocycles. The number of thioether (sulfide) groups is 1. The lowest BCUT2D eigenvalue weighted by Crippen LogP contribution is -2.27. The molecule has 0 saturated heterocycles. The van der Waals surface area contributed by atoms with Gasteiger partial charge in [0.05, 0.1) is 16.7 Å². The number of fused-ring (bicyclic) bond motifs is 1. The molecule has 132 valence electrons. The number of benzene rings is 1. The molecule has 0 aliphatic carbocycles. The van der Waals surface area contributed by atoms with Crippen molar-refractivity contribution >= 4 is 40.0 Å². The van der Waals surface area contributed by atoms with Crippen LogP contribution in [0, 0.1) is 0 Å². The smallest absolute Gasteiger partial charge is 0.231 e. The van der Waals surface area contributed by atoms with Crippen LogP contribution in [0.15, 0.2) is 57.4 Å². The zero-order chi connectivity index (χ0) is 17.9. The monoisotopic (exact) mass is 384 g/mol. The van der Waals surface area contributed by atoms with Gasteiger partial charge in [-0.05, 0) is 30.5 Å². The van der Waals surface area contributed by atoms with Gasteiger partial charge in [-0.15, -0.1) is 16.4 Å². The molecule has 26 heavy (non-hydrogen) atoms. The van der Waals surface area contributed by atoms with Crippen molar-refractivity contribution in [3.8, 4) is 10.7 Å². The molecule has 0 bridgehead atoms. The maximum absolute atomic E-state index is 12.2. The Balaban J connectivity index is 1.33. The van der Waals surface area contributed by atoms with Gasteiger partial charge in [0.25, 0.3) is 0 Å². The normalized spacial score (nSPS) is 12.3. The summed E-state index contributed by atoms with van der Waals surface area (Å²) in [5.74, 6) is 1.61. The van der Waals surface area contributed by atoms with Crippen molar-refractivity contribution in [3.05, 3.63) is 53.6 Å². The Morgan fingerprint density at radius 1 is 1.35 bits per heavy atom. The fourth-order valence-electron chi connectivity index (χ4n) is 2.53. The summed E-state index contributed by atoms with van der Waals surface area (Å²) in [6, 6.07) is 13.5. The van der Waals surface area contributed by atoms with E-state index < -0.39 is 0 Å². The molecule has 0 aliphatic heterocycles. The Morgan fingerprint density at radius 3 is 3.04 bits per heavy atom. The second-order valence-electron chi connectivity index (χ2n) is 5.71. The highest BCUT2D eigenvalue weighted by atomic mass is 32.2. The summed E-state index contributed by atoms with van der Waals surface area (Å²) in [7, 11) is 0. The van der Waals surface area contributed by atoms with Crippen LogP contribution in [-0.4, -0.2) is 26.8 Å². The second kappa shape index (κ2) is 7.35. The summed E-state index contributed by atoms with van der Waals surface area (Å²) >= 11 is 2.89. The van der Waals surface area contributed by atoms with Crippen LogP contribution in [0.25, 0.3) is 21.7 Å². The highest BCUT2D eigenvalue weighted by Gasteiger charge is 2.15. The number of amides is 1. The molecule has 6 nitrogen and oxygen atoms in total. The van der Waals surface area contributed by atoms with E-state index in [0.717, 1.165) is 27.4 Å². The minimum Gasteiger partial charge on any atom is -0.459 e. The number of aromatic amines is 1. The first-order chi connectivity index (χ1) is 12.7. The van der Waals surface area contributed by atoms with E-state index in [-0.39, 0.29) is 17.7 Å². The van der Waals surface area contributed by atoms with Gasteiger partial charge in [-0.25, -0.2) is 4.98 Å². The number of H-pyrrole nitrogens is 1. The number of carbonyl (C=O) groups is 1. The zero-order valence-corrected chi connectivity index (χ0v) is 15.6. The third-order valence-corrected chi connectivity index (χ3v) is 5.52. The summed E-state index contributed by atoms with van der Waals surface area (Å²) < 4.78 is 5.79. The lowest BCUT2D eigenvalue weighted by molar-refractivity contribution is -0.119. The number of para-hydroxylation sites is 1. The molecule has 0 radical (unpaired) electrons. The largest absolute Gasteiger partial charge is 0.459 e. The van der Waals surface area contributed by atoms with Crippen molar-refractivity contribution in [1.29, 1.82) is 0 Å². The molecule has 0 spiro atoms. The van der Waals surface area contributed by atoms with E-state index in [1.165, 1.54) is 11.8 Å². The van der Waals surface area contributed by atoms with Crippen molar-refractivity contribution in [3.63, 3.8) is 0 Å². The summed E-state index contributed by atoms with van der Waals surface area (Å²) in [4.78, 5) is 17.6. The molecule has 0 aliphatic rings. The van der Waals surface area contributed by atoms with E-state index in [9.17, 15) is 4.79 Å². The minimum atomic E-state index is -0.204. The first-order valence-electron chi connectivity index (χ1n) is 8.06. The Labute approximate surface area is 158 Å². The predicted molar refractivity (Wildman–Crippen MR) is 103 cm³/mol. The molecule has 0 saturated carbocycles. The first kappa shape index (κ1) is 16.9. The van der Waals surface area contributed by atoms with E-state index in [2.05, 4.69) is 20.5 Å². The summed E-state index contributed by atoms with van der Waals surface area (Å²) in [5, 5.41) is 13.6. The summed E-state index contributed by atoms with van der Waals surface area (Å²) in [6.07, 6.45) is 0. The summed E-state index contributed by atoms with van der Waals surface area (Å²) in [6.45, 7) is 1.90. The SMILES string of the molecule is C[C@@H](NC(=O)CSc1n[nH]c(-c2cccs2)n1)c1cc2ccccc2o1. The molecule has 1 amide bonds. The van der Waals surface area contributed by atoms with Gasteiger partial charge in [0.2, 0.25) is 11.1 Å². The molecule has 2 N–H and O–H groups in total. The molecule has 4 aromatic rings. The average molecular weight is 384 g/mol. The molecule has 1 atom stereocenters. The lowest BCUT2D eigenvalue weighted by atomic mass is 10.2. The zero-order valence-electron chi connectivity index (χ0n) is 13.9. The minimum absolute atomic E-state index is 0.0922. The Morgan fingerprint density at radius 2 is 2.23 bits per heavy atom. The molecule has 0 unspecified atom stereocenters. The highest BCUT2D eigenvalue weighted by Crippen LogP contribution is 2.25. The number of hydrogen-bond acceptors (Lipinski definition) is 6. The van der Waals surface area contributed by atoms with Gasteiger partial charge in [0.1, 0.15) is 11.3 Å². The van der Waals surface area contributed by atoms with Gasteiger partial charge in [-0.1, -0.05) is 36.0 Å². The van der Waals surface area contributed by atoms with E-state index in [1.807, 2.05) is 54.8 Å². The number of carbonyl (C=O) groups excluding carboxylic acids is 1. The van der Waals surface area contributed by atoms with Crippen LogP contribution >= 0.6 is 23.1 Å². The second-order valence-corrected chi connectivity index (χ2v) is 7.60. The Bertz CT molecular complexity index is 990. The number of thiophene rings is 1. The predicted octanol–water partition coefficient (Wildman–Crippen LogP) is 4.25. The van der Waals surface area contributed by atoms with E-state index >= 15 is 0 Å². The fourth-order valence-corrected chi connectivity index (χ4v) is 3.81. The van der Waals surface area contributed by atoms with Gasteiger partial charge < -0.3 is 9.73 Å². The Hall–Kier alpha value is -2.58. The van der Waals surface area contributed by atoms with Crippen LogP contribution in [-0.2, 0) is 4.79 Å². The van der Waals surface area contributed by atoms with Crippen molar-refractivity contribution in [1.82, 2.24) is 20.5 Å². The van der Waals surface area contributed by atoms with Crippen LogP contribution in [0.2, 0.25) is 0 Å². The number of nitrogens with zero attached hydrogens (tertiary/aromatic N) is 2. The topological polar surface area (TPSA) is 83.8 Å². The van der Waals surface area contributed by atoms with Gasteiger partial charge in [-0.2, -0.15) is 0 Å². The molecular formula is C18H16N4O2S2. The van der Waals surface area contributed by atoms with Crippen LogP contribution in [0.1, 0.15) is 18.7 Å². The van der Waals surface area contributed by atoms with Crippen molar-refractivity contribution in [2.45, 2.75) is 18.1 Å². The molecular weight excluding hydrogens is 368 g/mol. The number of rotatable bonds is 6. The maximum Gasteiger partial charge on any atom is 0.231 e. The first-order valence-corrected chi connectivity index (χ1v) is 9.92. The van der Waals surface area contributed by atoms with Crippen molar-refractivity contribution in [2.75, 3.05) is 5.75 Å². The summed E-state index contributed by atoms with van der Waals surface area (Å²) in [5.41, 5.74) is 0.819. The molecule has 4 rings (SSSR count).